The van der Waals surface area contributed by atoms with E-state index in [-0.39, 0.29) is 0 Å². The molecule has 2 nitrogen and oxygen atoms in total. The third-order valence-corrected chi connectivity index (χ3v) is 6.45. The van der Waals surface area contributed by atoms with Gasteiger partial charge in [-0.05, 0) is 71.3 Å². The molecule has 0 N–H and O–H groups in total. The molecule has 0 aliphatic heterocycles. The van der Waals surface area contributed by atoms with Crippen molar-refractivity contribution < 1.29 is 5.94 Å². The van der Waals surface area contributed by atoms with Gasteiger partial charge in [0.2, 0.25) is 5.69 Å². The summed E-state index contributed by atoms with van der Waals surface area (Å²) in [5.74, 6) is 0. The van der Waals surface area contributed by atoms with Gasteiger partial charge in [0, 0.05) is 30.9 Å². The van der Waals surface area contributed by atoms with E-state index in [0.717, 1.165) is 33.3 Å². The Kier molecular flexibility index (Phi) is 4.77. The molecule has 0 aliphatic carbocycles. The van der Waals surface area contributed by atoms with Crippen LogP contribution in [0.25, 0.3) is 44.3 Å². The zero-order valence-electron chi connectivity index (χ0n) is 20.0. The van der Waals surface area contributed by atoms with E-state index in [0.29, 0.717) is 6.04 Å². The summed E-state index contributed by atoms with van der Waals surface area (Å²) in [4.78, 5) is 4.27. The molecule has 0 saturated heterocycles. The molecule has 156 valence electrons. The molecule has 0 saturated carbocycles. The maximum atomic E-state index is 8.88. The molecule has 2 heterocycles. The van der Waals surface area contributed by atoms with Crippen LogP contribution in [0.4, 0.5) is 0 Å². The average molecular weight is 417 g/mol. The highest BCUT2D eigenvalue weighted by Crippen LogP contribution is 2.35. The molecule has 0 atom stereocenters. The third-order valence-electron chi connectivity index (χ3n) is 6.45. The first-order valence-electron chi connectivity index (χ1n) is 11.5. The maximum absolute atomic E-state index is 8.88. The number of pyridine rings is 2. The van der Waals surface area contributed by atoms with E-state index in [1.54, 1.807) is 6.20 Å². The van der Waals surface area contributed by atoms with E-state index < -0.39 is 0 Å². The van der Waals surface area contributed by atoms with Gasteiger partial charge in [-0.3, -0.25) is 4.98 Å². The average Bonchev–Trinajstić information content (AvgIpc) is 2.86. The fourth-order valence-electron chi connectivity index (χ4n) is 4.42. The van der Waals surface area contributed by atoms with Gasteiger partial charge in [-0.15, -0.1) is 0 Å². The highest BCUT2D eigenvalue weighted by Gasteiger charge is 2.21. The second-order valence-electron chi connectivity index (χ2n) is 8.45. The van der Waals surface area contributed by atoms with Gasteiger partial charge in [0.05, 0.1) is 12.3 Å². The normalized spacial score (nSPS) is 11.6. The first kappa shape index (κ1) is 18.9. The lowest BCUT2D eigenvalue weighted by Crippen LogP contribution is -2.35. The van der Waals surface area contributed by atoms with Gasteiger partial charge < -0.3 is 0 Å². The number of fused-ring (bicyclic) bond motifs is 1. The molecule has 0 bridgehead atoms. The molecule has 0 spiro atoms. The maximum Gasteiger partial charge on any atom is 0.220 e. The summed E-state index contributed by atoms with van der Waals surface area (Å²) in [5.41, 5.74) is 10.4. The van der Waals surface area contributed by atoms with Crippen LogP contribution >= 0.6 is 0 Å². The number of nitrogens with zero attached hydrogens (tertiary/aromatic N) is 2. The first-order valence-corrected chi connectivity index (χ1v) is 11.0. The Labute approximate surface area is 191 Å². The molecule has 0 aliphatic rings. The van der Waals surface area contributed by atoms with Crippen LogP contribution in [-0.4, -0.2) is 4.98 Å². The molecule has 2 heteroatoms. The lowest BCUT2D eigenvalue weighted by molar-refractivity contribution is -0.665. The van der Waals surface area contributed by atoms with Crippen LogP contribution in [0.1, 0.15) is 18.2 Å². The summed E-state index contributed by atoms with van der Waals surface area (Å²) >= 11 is 0. The molecule has 32 heavy (non-hydrogen) atoms. The van der Waals surface area contributed by atoms with Gasteiger partial charge >= 0.3 is 0 Å². The Morgan fingerprint density at radius 3 is 2.31 bits per heavy atom. The van der Waals surface area contributed by atoms with Crippen LogP contribution < -0.4 is 4.57 Å². The van der Waals surface area contributed by atoms with Crippen molar-refractivity contribution in [1.82, 2.24) is 4.98 Å². The van der Waals surface area contributed by atoms with Crippen molar-refractivity contribution >= 4 is 10.8 Å². The van der Waals surface area contributed by atoms with Gasteiger partial charge in [0.25, 0.3) is 0 Å². The Hall–Kier alpha value is -3.78. The van der Waals surface area contributed by atoms with E-state index in [1.807, 2.05) is 19.2 Å². The SMILES string of the molecule is [2H]c1c(C)[n+](C)c(-c2cc(-c3ccccc3)cc(C)c2C)c2ccc(-c3cccnc3)cc12. The predicted octanol–water partition coefficient (Wildman–Crippen LogP) is 6.99. The second-order valence-corrected chi connectivity index (χ2v) is 8.45. The highest BCUT2D eigenvalue weighted by molar-refractivity contribution is 5.97. The van der Waals surface area contributed by atoms with E-state index in [4.69, 9.17) is 1.37 Å². The molecule has 5 rings (SSSR count). The number of rotatable bonds is 3. The smallest absolute Gasteiger partial charge is 0.220 e. The molecule has 0 amide bonds. The van der Waals surface area contributed by atoms with Crippen LogP contribution in [0.5, 0.6) is 0 Å². The largest absolute Gasteiger partial charge is 0.264 e. The Balaban J connectivity index is 1.81. The molecular formula is C30H27N2+. The lowest BCUT2D eigenvalue weighted by atomic mass is 9.91. The summed E-state index contributed by atoms with van der Waals surface area (Å²) in [5, 5.41) is 2.05. The van der Waals surface area contributed by atoms with Gasteiger partial charge in [0.1, 0.15) is 7.05 Å². The third kappa shape index (κ3) is 3.48. The molecule has 0 fully saturated rings. The van der Waals surface area contributed by atoms with Gasteiger partial charge in [-0.25, -0.2) is 0 Å². The standard InChI is InChI=1S/C30H27N2/c1-20-15-26(23-9-6-5-7-10-23)18-29(22(20)3)30-28-13-12-24(25-11-8-14-31-19-25)17-27(28)16-21(2)32(30)4/h5-19H,1-4H3/q+1/i16D. The van der Waals surface area contributed by atoms with Gasteiger partial charge in [-0.1, -0.05) is 48.5 Å². The minimum atomic E-state index is 0.565. The van der Waals surface area contributed by atoms with Crippen molar-refractivity contribution in [1.29, 1.82) is 0 Å². The summed E-state index contributed by atoms with van der Waals surface area (Å²) in [6, 6.07) is 26.1. The van der Waals surface area contributed by atoms with Crippen LogP contribution in [-0.2, 0) is 7.05 Å². The van der Waals surface area contributed by atoms with Crippen molar-refractivity contribution in [3.8, 4) is 33.5 Å². The van der Waals surface area contributed by atoms with Crippen LogP contribution in [0.15, 0.2) is 91.2 Å². The van der Waals surface area contributed by atoms with Crippen LogP contribution in [0.2, 0.25) is 0 Å². The van der Waals surface area contributed by atoms with E-state index in [2.05, 4.69) is 97.2 Å². The zero-order chi connectivity index (χ0) is 23.1. The quantitative estimate of drug-likeness (QED) is 0.290. The molecule has 0 radical (unpaired) electrons. The first-order chi connectivity index (χ1) is 16.0. The van der Waals surface area contributed by atoms with Crippen molar-refractivity contribution in [2.45, 2.75) is 20.8 Å². The van der Waals surface area contributed by atoms with E-state index in [1.165, 1.54) is 27.8 Å². The Morgan fingerprint density at radius 2 is 1.56 bits per heavy atom. The monoisotopic (exact) mass is 416 g/mol. The van der Waals surface area contributed by atoms with E-state index >= 15 is 0 Å². The minimum Gasteiger partial charge on any atom is -0.264 e. The van der Waals surface area contributed by atoms with Crippen molar-refractivity contribution in [2.24, 2.45) is 7.05 Å². The van der Waals surface area contributed by atoms with Crippen LogP contribution in [0, 0.1) is 20.8 Å². The van der Waals surface area contributed by atoms with Crippen molar-refractivity contribution in [3.63, 3.8) is 0 Å². The zero-order valence-corrected chi connectivity index (χ0v) is 19.0. The molecular weight excluding hydrogens is 388 g/mol. The molecule has 2 aromatic heterocycles. The fourth-order valence-corrected chi connectivity index (χ4v) is 4.42. The molecule has 5 aromatic rings. The fraction of sp³-hybridized carbons (Fsp3) is 0.133. The predicted molar refractivity (Wildman–Crippen MR) is 133 cm³/mol. The minimum absolute atomic E-state index is 0.565. The van der Waals surface area contributed by atoms with E-state index in [9.17, 15) is 0 Å². The van der Waals surface area contributed by atoms with Gasteiger partial charge in [0.15, 0.2) is 5.69 Å². The van der Waals surface area contributed by atoms with Gasteiger partial charge in [-0.2, -0.15) is 4.57 Å². The highest BCUT2D eigenvalue weighted by atomic mass is 14.9. The van der Waals surface area contributed by atoms with Crippen LogP contribution in [0.3, 0.4) is 0 Å². The summed E-state index contributed by atoms with van der Waals surface area (Å²) in [6.07, 6.45) is 3.66. The summed E-state index contributed by atoms with van der Waals surface area (Å²) < 4.78 is 11.1. The number of aromatic nitrogens is 2. The second kappa shape index (κ2) is 8.05. The number of hydrogen-bond acceptors (Lipinski definition) is 1. The van der Waals surface area contributed by atoms with Crippen molar-refractivity contribution in [3.05, 3.63) is 108 Å². The summed E-state index contributed by atoms with van der Waals surface area (Å²) in [7, 11) is 2.07. The number of hydrogen-bond donors (Lipinski definition) is 0. The number of benzene rings is 3. The summed E-state index contributed by atoms with van der Waals surface area (Å²) in [6.45, 7) is 6.41. The topological polar surface area (TPSA) is 16.8 Å². The molecule has 0 unspecified atom stereocenters. The van der Waals surface area contributed by atoms with Crippen molar-refractivity contribution in [2.75, 3.05) is 0 Å². The Bertz CT molecular complexity index is 1490. The molecule has 3 aromatic carbocycles. The number of aryl methyl sites for hydroxylation is 1. The lowest BCUT2D eigenvalue weighted by Gasteiger charge is -2.14. The Morgan fingerprint density at radius 1 is 0.781 bits per heavy atom.